The fourth-order valence-corrected chi connectivity index (χ4v) is 3.19. The van der Waals surface area contributed by atoms with Crippen molar-refractivity contribution in [1.29, 1.82) is 0 Å². The molecule has 130 valence electrons. The number of hydrogen-bond donors (Lipinski definition) is 1. The minimum absolute atomic E-state index is 0.361. The molecule has 0 radical (unpaired) electrons. The number of methoxy groups -OCH3 is 1. The number of nitrogen functional groups attached to an aromatic ring is 1. The maximum Gasteiger partial charge on any atom is 0.337 e. The summed E-state index contributed by atoms with van der Waals surface area (Å²) in [5.74, 6) is 6.80. The minimum Gasteiger partial charge on any atom is -0.465 e. The van der Waals surface area contributed by atoms with Crippen LogP contribution >= 0.6 is 11.8 Å². The zero-order valence-corrected chi connectivity index (χ0v) is 14.9. The molecule has 0 aliphatic heterocycles. The van der Waals surface area contributed by atoms with Crippen molar-refractivity contribution in [3.05, 3.63) is 52.8 Å². The Morgan fingerprint density at radius 3 is 2.76 bits per heavy atom. The first-order chi connectivity index (χ1) is 12.0. The SMILES string of the molecule is COC(=O)c1cccc(CSc2nnc(-n3nc(C)cc3C)n2N)c1. The molecule has 0 saturated heterocycles. The van der Waals surface area contributed by atoms with Gasteiger partial charge in [0.05, 0.1) is 18.4 Å². The molecule has 2 heterocycles. The molecule has 3 rings (SSSR count). The van der Waals surface area contributed by atoms with Gasteiger partial charge in [-0.05, 0) is 37.6 Å². The Morgan fingerprint density at radius 1 is 1.28 bits per heavy atom. The second-order valence-electron chi connectivity index (χ2n) is 5.47. The smallest absolute Gasteiger partial charge is 0.337 e. The summed E-state index contributed by atoms with van der Waals surface area (Å²) in [6, 6.07) is 9.19. The molecular weight excluding hydrogens is 340 g/mol. The first-order valence-corrected chi connectivity index (χ1v) is 8.52. The van der Waals surface area contributed by atoms with Crippen molar-refractivity contribution in [2.75, 3.05) is 13.0 Å². The predicted molar refractivity (Wildman–Crippen MR) is 94.1 cm³/mol. The van der Waals surface area contributed by atoms with Crippen LogP contribution in [0.25, 0.3) is 5.95 Å². The van der Waals surface area contributed by atoms with Crippen LogP contribution < -0.4 is 5.84 Å². The van der Waals surface area contributed by atoms with E-state index in [1.54, 1.807) is 16.8 Å². The summed E-state index contributed by atoms with van der Waals surface area (Å²) in [4.78, 5) is 11.6. The lowest BCUT2D eigenvalue weighted by atomic mass is 10.1. The molecular formula is C16H18N6O2S. The molecule has 0 bridgehead atoms. The number of esters is 1. The van der Waals surface area contributed by atoms with Crippen molar-refractivity contribution in [3.8, 4) is 5.95 Å². The lowest BCUT2D eigenvalue weighted by Crippen LogP contribution is -2.17. The third-order valence-electron chi connectivity index (χ3n) is 3.56. The summed E-state index contributed by atoms with van der Waals surface area (Å²) in [5.41, 5.74) is 3.29. The number of rotatable bonds is 5. The fourth-order valence-electron chi connectivity index (χ4n) is 2.40. The maximum atomic E-state index is 11.6. The van der Waals surface area contributed by atoms with Gasteiger partial charge in [0, 0.05) is 11.4 Å². The van der Waals surface area contributed by atoms with Crippen molar-refractivity contribution in [2.45, 2.75) is 24.8 Å². The highest BCUT2D eigenvalue weighted by Gasteiger charge is 2.15. The average Bonchev–Trinajstić information content (AvgIpc) is 3.13. The van der Waals surface area contributed by atoms with Crippen molar-refractivity contribution < 1.29 is 9.53 Å². The van der Waals surface area contributed by atoms with Gasteiger partial charge >= 0.3 is 5.97 Å². The molecule has 0 unspecified atom stereocenters. The number of aromatic nitrogens is 5. The van der Waals surface area contributed by atoms with Gasteiger partial charge in [0.2, 0.25) is 5.16 Å². The molecule has 2 N–H and O–H groups in total. The van der Waals surface area contributed by atoms with Gasteiger partial charge in [-0.25, -0.2) is 14.2 Å². The Hall–Kier alpha value is -2.81. The molecule has 0 aliphatic carbocycles. The number of aryl methyl sites for hydroxylation is 2. The van der Waals surface area contributed by atoms with Crippen LogP contribution in [0.4, 0.5) is 0 Å². The van der Waals surface area contributed by atoms with E-state index in [4.69, 9.17) is 10.6 Å². The van der Waals surface area contributed by atoms with E-state index in [1.807, 2.05) is 32.0 Å². The molecule has 2 aromatic heterocycles. The Labute approximate surface area is 149 Å². The van der Waals surface area contributed by atoms with Crippen molar-refractivity contribution in [2.24, 2.45) is 0 Å². The Kier molecular flexibility index (Phi) is 4.75. The number of carbonyl (C=O) groups is 1. The molecule has 8 nitrogen and oxygen atoms in total. The van der Waals surface area contributed by atoms with Crippen LogP contribution in [0.1, 0.15) is 27.3 Å². The highest BCUT2D eigenvalue weighted by Crippen LogP contribution is 2.22. The highest BCUT2D eigenvalue weighted by atomic mass is 32.2. The van der Waals surface area contributed by atoms with Crippen molar-refractivity contribution in [3.63, 3.8) is 0 Å². The van der Waals surface area contributed by atoms with Gasteiger partial charge in [-0.2, -0.15) is 5.10 Å². The number of thioether (sulfide) groups is 1. The van der Waals surface area contributed by atoms with Crippen LogP contribution in [-0.4, -0.2) is 37.7 Å². The summed E-state index contributed by atoms with van der Waals surface area (Å²) in [6.07, 6.45) is 0. The van der Waals surface area contributed by atoms with Crippen molar-refractivity contribution >= 4 is 17.7 Å². The summed E-state index contributed by atoms with van der Waals surface area (Å²) < 4.78 is 7.80. The standard InChI is InChI=1S/C16H18N6O2S/c1-10-7-11(2)22(20-10)15-18-19-16(21(15)17)25-9-12-5-4-6-13(8-12)14(23)24-3/h4-8H,9,17H2,1-3H3. The Bertz CT molecular complexity index is 917. The quantitative estimate of drug-likeness (QED) is 0.422. The Balaban J connectivity index is 1.77. The van der Waals surface area contributed by atoms with E-state index in [0.717, 1.165) is 17.0 Å². The third kappa shape index (κ3) is 3.50. The molecule has 0 aliphatic rings. The largest absolute Gasteiger partial charge is 0.465 e. The number of carbonyl (C=O) groups excluding carboxylic acids is 1. The molecule has 0 fully saturated rings. The van der Waals surface area contributed by atoms with Crippen molar-refractivity contribution in [1.82, 2.24) is 24.7 Å². The van der Waals surface area contributed by atoms with Crippen LogP contribution in [-0.2, 0) is 10.5 Å². The van der Waals surface area contributed by atoms with E-state index < -0.39 is 0 Å². The predicted octanol–water partition coefficient (Wildman–Crippen LogP) is 1.87. The van der Waals surface area contributed by atoms with E-state index in [0.29, 0.717) is 22.4 Å². The van der Waals surface area contributed by atoms with Crippen LogP contribution in [0.15, 0.2) is 35.5 Å². The molecule has 0 spiro atoms. The number of nitrogens with two attached hydrogens (primary N) is 1. The number of nitrogens with zero attached hydrogens (tertiary/aromatic N) is 5. The molecule has 3 aromatic rings. The first-order valence-electron chi connectivity index (χ1n) is 7.54. The van der Waals surface area contributed by atoms with Crippen LogP contribution in [0.2, 0.25) is 0 Å². The molecule has 0 saturated carbocycles. The zero-order chi connectivity index (χ0) is 18.0. The molecule has 0 atom stereocenters. The fraction of sp³-hybridized carbons (Fsp3) is 0.250. The second-order valence-corrected chi connectivity index (χ2v) is 6.41. The first kappa shape index (κ1) is 17.0. The van der Waals surface area contributed by atoms with Gasteiger partial charge in [-0.1, -0.05) is 23.9 Å². The van der Waals surface area contributed by atoms with E-state index in [-0.39, 0.29) is 5.97 Å². The highest BCUT2D eigenvalue weighted by molar-refractivity contribution is 7.98. The molecule has 25 heavy (non-hydrogen) atoms. The normalized spacial score (nSPS) is 10.8. The van der Waals surface area contributed by atoms with Gasteiger partial charge < -0.3 is 10.6 Å². The minimum atomic E-state index is -0.361. The maximum absolute atomic E-state index is 11.6. The average molecular weight is 358 g/mol. The zero-order valence-electron chi connectivity index (χ0n) is 14.1. The molecule has 1 aromatic carbocycles. The molecule has 9 heteroatoms. The summed E-state index contributed by atoms with van der Waals surface area (Å²) in [7, 11) is 1.36. The van der Waals surface area contributed by atoms with Crippen LogP contribution in [0, 0.1) is 13.8 Å². The number of ether oxygens (including phenoxy) is 1. The molecule has 0 amide bonds. The lowest BCUT2D eigenvalue weighted by molar-refractivity contribution is 0.0600. The summed E-state index contributed by atoms with van der Waals surface area (Å²) >= 11 is 1.43. The van der Waals surface area contributed by atoms with Gasteiger partial charge in [0.25, 0.3) is 5.95 Å². The van der Waals surface area contributed by atoms with E-state index in [2.05, 4.69) is 15.3 Å². The van der Waals surface area contributed by atoms with Gasteiger partial charge in [0.15, 0.2) is 0 Å². The number of benzene rings is 1. The topological polar surface area (TPSA) is 101 Å². The lowest BCUT2D eigenvalue weighted by Gasteiger charge is -2.06. The Morgan fingerprint density at radius 2 is 2.08 bits per heavy atom. The third-order valence-corrected chi connectivity index (χ3v) is 4.58. The van der Waals surface area contributed by atoms with Crippen LogP contribution in [0.5, 0.6) is 0 Å². The van der Waals surface area contributed by atoms with E-state index >= 15 is 0 Å². The summed E-state index contributed by atoms with van der Waals surface area (Å²) in [5, 5.41) is 13.2. The van der Waals surface area contributed by atoms with Gasteiger partial charge in [0.1, 0.15) is 0 Å². The number of hydrogen-bond acceptors (Lipinski definition) is 7. The monoisotopic (exact) mass is 358 g/mol. The van der Waals surface area contributed by atoms with E-state index in [1.165, 1.54) is 23.5 Å². The second kappa shape index (κ2) is 6.98. The van der Waals surface area contributed by atoms with E-state index in [9.17, 15) is 4.79 Å². The van der Waals surface area contributed by atoms with Gasteiger partial charge in [-0.3, -0.25) is 0 Å². The summed E-state index contributed by atoms with van der Waals surface area (Å²) in [6.45, 7) is 3.84. The van der Waals surface area contributed by atoms with Gasteiger partial charge in [-0.15, -0.1) is 10.2 Å². The van der Waals surface area contributed by atoms with Crippen LogP contribution in [0.3, 0.4) is 0 Å².